The molecular weight excluding hydrogens is 287 g/mol. The minimum Gasteiger partial charge on any atom is -0.390 e. The van der Waals surface area contributed by atoms with Gasteiger partial charge in [-0.25, -0.2) is 9.07 Å². The van der Waals surface area contributed by atoms with Gasteiger partial charge in [-0.05, 0) is 30.5 Å². The van der Waals surface area contributed by atoms with E-state index in [4.69, 9.17) is 5.53 Å². The highest BCUT2D eigenvalue weighted by molar-refractivity contribution is 5.58. The fourth-order valence-electron chi connectivity index (χ4n) is 2.94. The van der Waals surface area contributed by atoms with E-state index in [1.165, 1.54) is 12.1 Å². The summed E-state index contributed by atoms with van der Waals surface area (Å²) in [6, 6.07) is 5.32. The van der Waals surface area contributed by atoms with Gasteiger partial charge in [0.2, 0.25) is 0 Å². The molecule has 3 atom stereocenters. The lowest BCUT2D eigenvalue weighted by molar-refractivity contribution is 0.0516. The summed E-state index contributed by atoms with van der Waals surface area (Å²) < 4.78 is 15.0. The maximum Gasteiger partial charge on any atom is 0.123 e. The number of azide groups is 1. The standard InChI is InChI=1S/C14H15FN6O/c15-10-4-1-3-9(7-10)13-8-17-20-21(13)12-6-2-5-11(14(12)22)18-19-16/h1,3-4,7-8,11-12,14,22H,2,5-6H2/t11?,12-,14-/m0/s1. The van der Waals surface area contributed by atoms with Crippen LogP contribution in [0.1, 0.15) is 25.3 Å². The Balaban J connectivity index is 1.96. The minimum atomic E-state index is -0.835. The lowest BCUT2D eigenvalue weighted by atomic mass is 9.88. The largest absolute Gasteiger partial charge is 0.390 e. The molecule has 2 aromatic rings. The van der Waals surface area contributed by atoms with E-state index in [0.29, 0.717) is 24.1 Å². The van der Waals surface area contributed by atoms with Crippen molar-refractivity contribution < 1.29 is 9.50 Å². The number of aromatic nitrogens is 3. The van der Waals surface area contributed by atoms with Crippen molar-refractivity contribution in [1.29, 1.82) is 0 Å². The Bertz CT molecular complexity index is 711. The van der Waals surface area contributed by atoms with Crippen LogP contribution in [0.25, 0.3) is 21.7 Å². The molecule has 8 heteroatoms. The summed E-state index contributed by atoms with van der Waals surface area (Å²) in [5.41, 5.74) is 9.86. The maximum atomic E-state index is 13.4. The molecule has 3 rings (SSSR count). The van der Waals surface area contributed by atoms with Crippen molar-refractivity contribution in [1.82, 2.24) is 15.0 Å². The number of benzene rings is 1. The van der Waals surface area contributed by atoms with Crippen LogP contribution in [0.2, 0.25) is 0 Å². The van der Waals surface area contributed by atoms with Crippen LogP contribution >= 0.6 is 0 Å². The molecule has 1 N–H and O–H groups in total. The molecule has 114 valence electrons. The summed E-state index contributed by atoms with van der Waals surface area (Å²) in [6.45, 7) is 0. The van der Waals surface area contributed by atoms with E-state index < -0.39 is 12.1 Å². The molecule has 0 saturated heterocycles. The predicted molar refractivity (Wildman–Crippen MR) is 77.2 cm³/mol. The SMILES string of the molecule is [N-]=[N+]=NC1CCC[C@H](n2nncc2-c2cccc(F)c2)[C@H]1O. The lowest BCUT2D eigenvalue weighted by Crippen LogP contribution is -2.38. The third kappa shape index (κ3) is 2.66. The third-order valence-electron chi connectivity index (χ3n) is 4.00. The van der Waals surface area contributed by atoms with Gasteiger partial charge in [-0.3, -0.25) is 0 Å². The fourth-order valence-corrected chi connectivity index (χ4v) is 2.94. The lowest BCUT2D eigenvalue weighted by Gasteiger charge is -2.32. The zero-order chi connectivity index (χ0) is 15.5. The van der Waals surface area contributed by atoms with E-state index in [2.05, 4.69) is 20.3 Å². The summed E-state index contributed by atoms with van der Waals surface area (Å²) in [7, 11) is 0. The Morgan fingerprint density at radius 1 is 1.41 bits per heavy atom. The number of rotatable bonds is 3. The average Bonchev–Trinajstić information content (AvgIpc) is 2.99. The van der Waals surface area contributed by atoms with Crippen LogP contribution in [0.4, 0.5) is 4.39 Å². The number of aliphatic hydroxyl groups excluding tert-OH is 1. The predicted octanol–water partition coefficient (Wildman–Crippen LogP) is 2.85. The molecule has 0 amide bonds. The number of halogens is 1. The highest BCUT2D eigenvalue weighted by Gasteiger charge is 2.34. The number of nitrogens with zero attached hydrogens (tertiary/aromatic N) is 6. The van der Waals surface area contributed by atoms with Crippen LogP contribution in [-0.2, 0) is 0 Å². The molecule has 1 unspecified atom stereocenters. The molecule has 1 saturated carbocycles. The zero-order valence-electron chi connectivity index (χ0n) is 11.7. The first-order valence-electron chi connectivity index (χ1n) is 7.09. The van der Waals surface area contributed by atoms with E-state index in [1.54, 1.807) is 23.0 Å². The van der Waals surface area contributed by atoms with Crippen molar-refractivity contribution >= 4 is 0 Å². The van der Waals surface area contributed by atoms with Gasteiger partial charge in [-0.1, -0.05) is 28.9 Å². The summed E-state index contributed by atoms with van der Waals surface area (Å²) in [6.07, 6.45) is 2.86. The van der Waals surface area contributed by atoms with E-state index >= 15 is 0 Å². The van der Waals surface area contributed by atoms with E-state index in [-0.39, 0.29) is 11.9 Å². The van der Waals surface area contributed by atoms with Crippen LogP contribution < -0.4 is 0 Å². The van der Waals surface area contributed by atoms with Gasteiger partial charge >= 0.3 is 0 Å². The Kier molecular flexibility index (Phi) is 4.04. The van der Waals surface area contributed by atoms with Crippen molar-refractivity contribution in [2.75, 3.05) is 0 Å². The van der Waals surface area contributed by atoms with Crippen molar-refractivity contribution in [3.8, 4) is 11.3 Å². The molecule has 22 heavy (non-hydrogen) atoms. The van der Waals surface area contributed by atoms with Crippen LogP contribution in [0.5, 0.6) is 0 Å². The highest BCUT2D eigenvalue weighted by atomic mass is 19.1. The Morgan fingerprint density at radius 2 is 2.27 bits per heavy atom. The first-order chi connectivity index (χ1) is 10.7. The topological polar surface area (TPSA) is 99.7 Å². The second-order valence-corrected chi connectivity index (χ2v) is 5.34. The summed E-state index contributed by atoms with van der Waals surface area (Å²) >= 11 is 0. The molecule has 1 aliphatic carbocycles. The Hall–Kier alpha value is -2.44. The quantitative estimate of drug-likeness (QED) is 0.536. The van der Waals surface area contributed by atoms with Gasteiger partial charge in [0.25, 0.3) is 0 Å². The molecular formula is C14H15FN6O. The number of aliphatic hydroxyl groups is 1. The Labute approximate surface area is 126 Å². The van der Waals surface area contributed by atoms with Gasteiger partial charge in [0.05, 0.1) is 30.1 Å². The minimum absolute atomic E-state index is 0.343. The van der Waals surface area contributed by atoms with Crippen LogP contribution in [-0.4, -0.2) is 32.2 Å². The molecule has 0 spiro atoms. The van der Waals surface area contributed by atoms with Crippen LogP contribution in [0.3, 0.4) is 0 Å². The van der Waals surface area contributed by atoms with Gasteiger partial charge in [0, 0.05) is 10.5 Å². The maximum absolute atomic E-state index is 13.4. The molecule has 0 bridgehead atoms. The second kappa shape index (κ2) is 6.13. The highest BCUT2D eigenvalue weighted by Crippen LogP contribution is 2.33. The fraction of sp³-hybridized carbons (Fsp3) is 0.429. The van der Waals surface area contributed by atoms with Crippen molar-refractivity contribution in [2.45, 2.75) is 37.5 Å². The first kappa shape index (κ1) is 14.5. The summed E-state index contributed by atoms with van der Waals surface area (Å²) in [4.78, 5) is 2.79. The number of hydrogen-bond acceptors (Lipinski definition) is 4. The van der Waals surface area contributed by atoms with Crippen molar-refractivity contribution in [2.24, 2.45) is 5.11 Å². The molecule has 0 radical (unpaired) electrons. The Morgan fingerprint density at radius 3 is 3.05 bits per heavy atom. The smallest absolute Gasteiger partial charge is 0.123 e. The first-order valence-corrected chi connectivity index (χ1v) is 7.09. The van der Waals surface area contributed by atoms with E-state index in [0.717, 1.165) is 6.42 Å². The summed E-state index contributed by atoms with van der Waals surface area (Å²) in [5.74, 6) is -0.346. The van der Waals surface area contributed by atoms with Crippen LogP contribution in [0.15, 0.2) is 35.6 Å². The normalized spacial score (nSPS) is 24.7. The molecule has 0 aliphatic heterocycles. The van der Waals surface area contributed by atoms with Gasteiger partial charge in [-0.15, -0.1) is 5.10 Å². The van der Waals surface area contributed by atoms with Gasteiger partial charge < -0.3 is 5.11 Å². The monoisotopic (exact) mass is 302 g/mol. The molecule has 1 heterocycles. The van der Waals surface area contributed by atoms with Gasteiger partial charge in [0.15, 0.2) is 0 Å². The summed E-state index contributed by atoms with van der Waals surface area (Å²) in [5, 5.41) is 22.0. The number of hydrogen-bond donors (Lipinski definition) is 1. The van der Waals surface area contributed by atoms with Gasteiger partial charge in [-0.2, -0.15) is 0 Å². The third-order valence-corrected chi connectivity index (χ3v) is 4.00. The average molecular weight is 302 g/mol. The molecule has 7 nitrogen and oxygen atoms in total. The molecule has 1 aliphatic rings. The zero-order valence-corrected chi connectivity index (χ0v) is 11.7. The van der Waals surface area contributed by atoms with Crippen molar-refractivity contribution in [3.63, 3.8) is 0 Å². The van der Waals surface area contributed by atoms with Crippen LogP contribution in [0, 0.1) is 5.82 Å². The van der Waals surface area contributed by atoms with E-state index in [1.807, 2.05) is 0 Å². The van der Waals surface area contributed by atoms with Gasteiger partial charge in [0.1, 0.15) is 5.82 Å². The van der Waals surface area contributed by atoms with E-state index in [9.17, 15) is 9.50 Å². The second-order valence-electron chi connectivity index (χ2n) is 5.34. The molecule has 1 aromatic carbocycles. The molecule has 1 aromatic heterocycles. The van der Waals surface area contributed by atoms with Crippen molar-refractivity contribution in [3.05, 3.63) is 46.7 Å². The molecule has 1 fully saturated rings.